The zero-order chi connectivity index (χ0) is 19.8. The zero-order valence-corrected chi connectivity index (χ0v) is 15.8. The molecule has 0 saturated carbocycles. The molecular formula is C21H22N4O3. The van der Waals surface area contributed by atoms with Crippen LogP contribution in [0.25, 0.3) is 11.3 Å². The maximum Gasteiger partial charge on any atom is 0.252 e. The lowest BCUT2D eigenvalue weighted by atomic mass is 10.1. The number of benzene rings is 2. The van der Waals surface area contributed by atoms with Gasteiger partial charge in [0.25, 0.3) is 5.56 Å². The quantitative estimate of drug-likeness (QED) is 0.461. The molecule has 0 aliphatic heterocycles. The Morgan fingerprint density at radius 3 is 2.71 bits per heavy atom. The summed E-state index contributed by atoms with van der Waals surface area (Å²) in [7, 11) is 1.60. The topological polar surface area (TPSA) is 88.6 Å². The van der Waals surface area contributed by atoms with Gasteiger partial charge in [0.15, 0.2) is 0 Å². The Hall–Kier alpha value is -3.61. The molecule has 28 heavy (non-hydrogen) atoms. The number of anilines is 1. The fourth-order valence-corrected chi connectivity index (χ4v) is 2.49. The Balaban J connectivity index is 1.73. The average molecular weight is 378 g/mol. The number of hydrogen-bond donors (Lipinski definition) is 2. The maximum absolute atomic E-state index is 12.0. The van der Waals surface area contributed by atoms with Crippen LogP contribution in [0.3, 0.4) is 0 Å². The number of rotatable bonds is 8. The van der Waals surface area contributed by atoms with Crippen molar-refractivity contribution in [3.05, 3.63) is 70.5 Å². The molecule has 0 amide bonds. The van der Waals surface area contributed by atoms with E-state index in [1.54, 1.807) is 13.3 Å². The van der Waals surface area contributed by atoms with E-state index in [4.69, 9.17) is 9.47 Å². The number of ether oxygens (including phenoxy) is 2. The first-order valence-electron chi connectivity index (χ1n) is 8.95. The number of aromatic nitrogens is 2. The second kappa shape index (κ2) is 9.36. The van der Waals surface area contributed by atoms with Gasteiger partial charge in [0.2, 0.25) is 5.95 Å². The predicted molar refractivity (Wildman–Crippen MR) is 110 cm³/mol. The van der Waals surface area contributed by atoms with Crippen molar-refractivity contribution in [1.82, 2.24) is 9.97 Å². The van der Waals surface area contributed by atoms with E-state index in [9.17, 15) is 4.79 Å². The third kappa shape index (κ3) is 5.20. The molecule has 7 nitrogen and oxygen atoms in total. The molecule has 0 saturated heterocycles. The van der Waals surface area contributed by atoms with Gasteiger partial charge in [0.1, 0.15) is 11.5 Å². The largest absolute Gasteiger partial charge is 0.497 e. The molecule has 0 aliphatic rings. The van der Waals surface area contributed by atoms with Crippen LogP contribution < -0.4 is 20.5 Å². The summed E-state index contributed by atoms with van der Waals surface area (Å²) in [6.07, 6.45) is 2.59. The minimum absolute atomic E-state index is 0.257. The number of aromatic amines is 1. The van der Waals surface area contributed by atoms with Crippen molar-refractivity contribution >= 4 is 12.2 Å². The van der Waals surface area contributed by atoms with Gasteiger partial charge in [0, 0.05) is 11.6 Å². The van der Waals surface area contributed by atoms with Crippen LogP contribution in [-0.2, 0) is 0 Å². The number of H-pyrrole nitrogens is 1. The molecule has 0 fully saturated rings. The molecule has 3 rings (SSSR count). The minimum atomic E-state index is -0.270. The van der Waals surface area contributed by atoms with Crippen molar-refractivity contribution in [2.24, 2.45) is 5.10 Å². The summed E-state index contributed by atoms with van der Waals surface area (Å²) in [6, 6.07) is 16.4. The van der Waals surface area contributed by atoms with Crippen LogP contribution in [0.5, 0.6) is 11.5 Å². The smallest absolute Gasteiger partial charge is 0.252 e. The summed E-state index contributed by atoms with van der Waals surface area (Å²) in [5.41, 5.74) is 4.71. The minimum Gasteiger partial charge on any atom is -0.497 e. The highest BCUT2D eigenvalue weighted by Crippen LogP contribution is 2.20. The molecule has 0 aliphatic carbocycles. The van der Waals surface area contributed by atoms with Crippen LogP contribution in [0.15, 0.2) is 64.5 Å². The second-order valence-electron chi connectivity index (χ2n) is 6.00. The number of nitrogens with zero attached hydrogens (tertiary/aromatic N) is 2. The standard InChI is InChI=1S/C21H22N4O3/c1-3-11-28-18-6-4-5-15(12-18)14-22-25-21-23-19(13-20(26)24-21)16-7-9-17(27-2)10-8-16/h4-10,12-14H,3,11H2,1-2H3,(H2,23,24,25,26)/b22-14-. The first-order valence-corrected chi connectivity index (χ1v) is 8.95. The van der Waals surface area contributed by atoms with Crippen molar-refractivity contribution in [3.63, 3.8) is 0 Å². The van der Waals surface area contributed by atoms with Crippen molar-refractivity contribution in [2.45, 2.75) is 13.3 Å². The molecule has 7 heteroatoms. The van der Waals surface area contributed by atoms with Gasteiger partial charge >= 0.3 is 0 Å². The fourth-order valence-electron chi connectivity index (χ4n) is 2.49. The number of methoxy groups -OCH3 is 1. The van der Waals surface area contributed by atoms with Crippen LogP contribution in [0.1, 0.15) is 18.9 Å². The molecule has 2 N–H and O–H groups in total. The third-order valence-corrected chi connectivity index (χ3v) is 3.84. The molecule has 0 radical (unpaired) electrons. The van der Waals surface area contributed by atoms with Crippen LogP contribution in [0.2, 0.25) is 0 Å². The molecule has 2 aromatic carbocycles. The van der Waals surface area contributed by atoms with Gasteiger partial charge < -0.3 is 9.47 Å². The van der Waals surface area contributed by atoms with E-state index in [-0.39, 0.29) is 11.5 Å². The number of hydrazone groups is 1. The summed E-state index contributed by atoms with van der Waals surface area (Å²) < 4.78 is 10.8. The van der Waals surface area contributed by atoms with Gasteiger partial charge in [-0.25, -0.2) is 10.4 Å². The molecule has 0 spiro atoms. The summed E-state index contributed by atoms with van der Waals surface area (Å²) in [5, 5.41) is 4.15. The Morgan fingerprint density at radius 2 is 1.96 bits per heavy atom. The van der Waals surface area contributed by atoms with Gasteiger partial charge in [-0.3, -0.25) is 9.78 Å². The molecule has 1 heterocycles. The van der Waals surface area contributed by atoms with Gasteiger partial charge in [-0.05, 0) is 48.4 Å². The Bertz CT molecular complexity index is 997. The molecular weight excluding hydrogens is 356 g/mol. The van der Waals surface area contributed by atoms with Gasteiger partial charge in [-0.2, -0.15) is 5.10 Å². The molecule has 0 atom stereocenters. The fraction of sp³-hybridized carbons (Fsp3) is 0.190. The van der Waals surface area contributed by atoms with Crippen molar-refractivity contribution in [3.8, 4) is 22.8 Å². The normalized spacial score (nSPS) is 10.8. The first kappa shape index (κ1) is 19.2. The van der Waals surface area contributed by atoms with Gasteiger partial charge in [0.05, 0.1) is 25.6 Å². The average Bonchev–Trinajstić information content (AvgIpc) is 2.72. The van der Waals surface area contributed by atoms with Crippen molar-refractivity contribution < 1.29 is 9.47 Å². The summed E-state index contributed by atoms with van der Waals surface area (Å²) in [6.45, 7) is 2.73. The SMILES string of the molecule is CCCOc1cccc(/C=N\Nc2nc(-c3ccc(OC)cc3)cc(=O)[nH]2)c1. The van der Waals surface area contributed by atoms with E-state index in [2.05, 4.69) is 27.4 Å². The van der Waals surface area contributed by atoms with Gasteiger partial charge in [-0.15, -0.1) is 0 Å². The van der Waals surface area contributed by atoms with E-state index in [0.717, 1.165) is 29.0 Å². The number of nitrogens with one attached hydrogen (secondary N) is 2. The van der Waals surface area contributed by atoms with E-state index in [1.807, 2.05) is 48.5 Å². The molecule has 0 unspecified atom stereocenters. The molecule has 3 aromatic rings. The van der Waals surface area contributed by atoms with E-state index in [0.29, 0.717) is 12.3 Å². The molecule has 144 valence electrons. The highest BCUT2D eigenvalue weighted by molar-refractivity contribution is 5.80. The lowest BCUT2D eigenvalue weighted by Gasteiger charge is -2.06. The summed E-state index contributed by atoms with van der Waals surface area (Å²) >= 11 is 0. The van der Waals surface area contributed by atoms with Crippen LogP contribution in [0, 0.1) is 0 Å². The Kier molecular flexibility index (Phi) is 6.41. The monoisotopic (exact) mass is 378 g/mol. The lowest BCUT2D eigenvalue weighted by Crippen LogP contribution is -2.10. The van der Waals surface area contributed by atoms with Crippen LogP contribution in [0.4, 0.5) is 5.95 Å². The second-order valence-corrected chi connectivity index (χ2v) is 6.00. The lowest BCUT2D eigenvalue weighted by molar-refractivity contribution is 0.317. The highest BCUT2D eigenvalue weighted by Gasteiger charge is 2.04. The van der Waals surface area contributed by atoms with E-state index >= 15 is 0 Å². The maximum atomic E-state index is 12.0. The number of hydrogen-bond acceptors (Lipinski definition) is 6. The predicted octanol–water partition coefficient (Wildman–Crippen LogP) is 3.68. The van der Waals surface area contributed by atoms with E-state index in [1.165, 1.54) is 6.07 Å². The van der Waals surface area contributed by atoms with Crippen molar-refractivity contribution in [2.75, 3.05) is 19.1 Å². The van der Waals surface area contributed by atoms with Crippen LogP contribution in [-0.4, -0.2) is 29.9 Å². The molecule has 1 aromatic heterocycles. The Morgan fingerprint density at radius 1 is 1.14 bits per heavy atom. The van der Waals surface area contributed by atoms with Crippen molar-refractivity contribution in [1.29, 1.82) is 0 Å². The Labute approximate surface area is 163 Å². The van der Waals surface area contributed by atoms with Gasteiger partial charge in [-0.1, -0.05) is 19.1 Å². The zero-order valence-electron chi connectivity index (χ0n) is 15.8. The first-order chi connectivity index (χ1) is 13.7. The summed E-state index contributed by atoms with van der Waals surface area (Å²) in [5.74, 6) is 1.79. The summed E-state index contributed by atoms with van der Waals surface area (Å²) in [4.78, 5) is 19.0. The molecule has 0 bridgehead atoms. The van der Waals surface area contributed by atoms with Crippen LogP contribution >= 0.6 is 0 Å². The van der Waals surface area contributed by atoms with E-state index < -0.39 is 0 Å². The highest BCUT2D eigenvalue weighted by atomic mass is 16.5. The third-order valence-electron chi connectivity index (χ3n) is 3.84.